The highest BCUT2D eigenvalue weighted by Crippen LogP contribution is 2.50. The molecule has 2 aliphatic rings. The summed E-state index contributed by atoms with van der Waals surface area (Å²) in [6.07, 6.45) is 2.95. The van der Waals surface area contributed by atoms with Gasteiger partial charge in [-0.25, -0.2) is 21.6 Å². The second kappa shape index (κ2) is 10.4. The predicted octanol–water partition coefficient (Wildman–Crippen LogP) is 5.54. The largest absolute Gasteiger partial charge is 0.465 e. The lowest BCUT2D eigenvalue weighted by atomic mass is 9.81. The Morgan fingerprint density at radius 2 is 1.67 bits per heavy atom. The number of sulfone groups is 1. The lowest BCUT2D eigenvalue weighted by Crippen LogP contribution is -2.38. The van der Waals surface area contributed by atoms with Gasteiger partial charge in [0.2, 0.25) is 0 Å². The molecule has 2 aromatic carbocycles. The Morgan fingerprint density at radius 1 is 1.06 bits per heavy atom. The van der Waals surface area contributed by atoms with Crippen LogP contribution in [0.1, 0.15) is 49.4 Å². The number of anilines is 1. The molecule has 0 spiro atoms. The number of carbonyl (C=O) groups excluding carboxylic acids is 2. The van der Waals surface area contributed by atoms with Gasteiger partial charge >= 0.3 is 5.97 Å². The molecule has 0 aliphatic heterocycles. The molecule has 0 heterocycles. The van der Waals surface area contributed by atoms with Crippen molar-refractivity contribution >= 4 is 39.0 Å². The number of fused-ring (bicyclic) bond motifs is 2. The van der Waals surface area contributed by atoms with Crippen LogP contribution >= 0.6 is 11.6 Å². The number of rotatable bonds is 7. The van der Waals surface area contributed by atoms with Crippen molar-refractivity contribution in [3.05, 3.63) is 58.4 Å². The van der Waals surface area contributed by atoms with E-state index < -0.39 is 38.4 Å². The van der Waals surface area contributed by atoms with Gasteiger partial charge in [-0.3, -0.25) is 9.59 Å². The highest BCUT2D eigenvalue weighted by atomic mass is 35.5. The van der Waals surface area contributed by atoms with Crippen LogP contribution in [-0.4, -0.2) is 32.2 Å². The van der Waals surface area contributed by atoms with Crippen LogP contribution in [0.2, 0.25) is 5.02 Å². The minimum atomic E-state index is -3.93. The lowest BCUT2D eigenvalue weighted by molar-refractivity contribution is -0.145. The summed E-state index contributed by atoms with van der Waals surface area (Å²) in [5, 5.41) is 1.53. The summed E-state index contributed by atoms with van der Waals surface area (Å²) in [5.41, 5.74) is -0.411. The molecule has 11 heteroatoms. The first-order chi connectivity index (χ1) is 17.0. The van der Waals surface area contributed by atoms with Crippen LogP contribution in [0.4, 0.5) is 18.9 Å². The Kier molecular flexibility index (Phi) is 7.66. The number of carbonyl (C=O) groups is 2. The maximum Gasteiger partial charge on any atom is 0.305 e. The number of hydrogen-bond acceptors (Lipinski definition) is 5. The summed E-state index contributed by atoms with van der Waals surface area (Å²) in [7, 11) is -3.93. The average Bonchev–Trinajstić information content (AvgIpc) is 3.12. The van der Waals surface area contributed by atoms with Crippen molar-refractivity contribution in [1.82, 2.24) is 0 Å². The van der Waals surface area contributed by atoms with E-state index in [1.165, 1.54) is 12.1 Å². The van der Waals surface area contributed by atoms with E-state index in [0.29, 0.717) is 25.0 Å². The average molecular weight is 544 g/mol. The first-order valence-corrected chi connectivity index (χ1v) is 13.6. The van der Waals surface area contributed by atoms with Crippen LogP contribution in [0.25, 0.3) is 0 Å². The molecule has 1 amide bonds. The van der Waals surface area contributed by atoms with Crippen molar-refractivity contribution in [3.63, 3.8) is 0 Å². The predicted molar refractivity (Wildman–Crippen MR) is 127 cm³/mol. The molecule has 0 saturated heterocycles. The summed E-state index contributed by atoms with van der Waals surface area (Å²) in [6.45, 7) is 1.98. The molecule has 3 unspecified atom stereocenters. The van der Waals surface area contributed by atoms with E-state index in [4.69, 9.17) is 16.3 Å². The molecule has 2 saturated carbocycles. The van der Waals surface area contributed by atoms with E-state index in [-0.39, 0.29) is 57.9 Å². The minimum Gasteiger partial charge on any atom is -0.465 e. The topological polar surface area (TPSA) is 89.5 Å². The third kappa shape index (κ3) is 5.25. The Labute approximate surface area is 212 Å². The van der Waals surface area contributed by atoms with E-state index in [9.17, 15) is 31.2 Å². The SMILES string of the molecule is CCC(=O)OCC1CC2CC[C@@H](C1)C2S(=O)(=O)c1cc(C(=O)Nc2cc(F)c(F)c(F)c2)ccc1Cl. The highest BCUT2D eigenvalue weighted by Gasteiger charge is 2.50. The quantitative estimate of drug-likeness (QED) is 0.366. The van der Waals surface area contributed by atoms with Crippen LogP contribution in [-0.2, 0) is 19.4 Å². The van der Waals surface area contributed by atoms with Gasteiger partial charge in [-0.1, -0.05) is 18.5 Å². The zero-order valence-electron chi connectivity index (χ0n) is 19.4. The van der Waals surface area contributed by atoms with Crippen molar-refractivity contribution in [3.8, 4) is 0 Å². The van der Waals surface area contributed by atoms with Crippen molar-refractivity contribution < 1.29 is 35.9 Å². The summed E-state index contributed by atoms with van der Waals surface area (Å²) < 4.78 is 72.9. The zero-order chi connectivity index (χ0) is 26.2. The molecule has 2 aromatic rings. The molecular formula is C25H25ClF3NO5S. The zero-order valence-corrected chi connectivity index (χ0v) is 21.0. The van der Waals surface area contributed by atoms with Gasteiger partial charge in [0, 0.05) is 29.8 Å². The fraction of sp³-hybridized carbons (Fsp3) is 0.440. The Bertz CT molecular complexity index is 1270. The van der Waals surface area contributed by atoms with Crippen molar-refractivity contribution in [2.45, 2.75) is 49.2 Å². The minimum absolute atomic E-state index is 0.0381. The lowest BCUT2D eigenvalue weighted by Gasteiger charge is -2.34. The van der Waals surface area contributed by atoms with E-state index in [2.05, 4.69) is 5.32 Å². The van der Waals surface area contributed by atoms with E-state index in [1.54, 1.807) is 6.92 Å². The van der Waals surface area contributed by atoms with E-state index in [1.807, 2.05) is 0 Å². The van der Waals surface area contributed by atoms with Gasteiger partial charge < -0.3 is 10.1 Å². The maximum atomic E-state index is 13.7. The number of amides is 1. The molecule has 0 aromatic heterocycles. The Hall–Kier alpha value is -2.59. The highest BCUT2D eigenvalue weighted by molar-refractivity contribution is 7.92. The van der Waals surface area contributed by atoms with Crippen LogP contribution in [0.15, 0.2) is 35.2 Å². The van der Waals surface area contributed by atoms with Crippen molar-refractivity contribution in [2.24, 2.45) is 17.8 Å². The Balaban J connectivity index is 1.54. The van der Waals surface area contributed by atoms with Crippen molar-refractivity contribution in [2.75, 3.05) is 11.9 Å². The van der Waals surface area contributed by atoms with Gasteiger partial charge in [-0.2, -0.15) is 0 Å². The van der Waals surface area contributed by atoms with Gasteiger partial charge in [0.25, 0.3) is 5.91 Å². The molecule has 194 valence electrons. The summed E-state index contributed by atoms with van der Waals surface area (Å²) in [5.74, 6) is -5.90. The smallest absolute Gasteiger partial charge is 0.305 e. The van der Waals surface area contributed by atoms with Crippen molar-refractivity contribution in [1.29, 1.82) is 0 Å². The summed E-state index contributed by atoms with van der Waals surface area (Å²) in [6, 6.07) is 4.97. The fourth-order valence-corrected chi connectivity index (χ4v) is 8.27. The molecule has 4 rings (SSSR count). The second-order valence-electron chi connectivity index (χ2n) is 9.33. The first-order valence-electron chi connectivity index (χ1n) is 11.7. The van der Waals surface area contributed by atoms with Gasteiger partial charge in [0.1, 0.15) is 0 Å². The first kappa shape index (κ1) is 26.5. The molecule has 6 nitrogen and oxygen atoms in total. The number of halogens is 4. The third-order valence-electron chi connectivity index (χ3n) is 6.98. The van der Waals surface area contributed by atoms with Crippen LogP contribution in [0.5, 0.6) is 0 Å². The molecule has 2 fully saturated rings. The van der Waals surface area contributed by atoms with Gasteiger partial charge in [0.15, 0.2) is 27.3 Å². The molecule has 2 aliphatic carbocycles. The van der Waals surface area contributed by atoms with Gasteiger partial charge in [-0.15, -0.1) is 0 Å². The summed E-state index contributed by atoms with van der Waals surface area (Å²) >= 11 is 6.26. The molecule has 0 radical (unpaired) electrons. The Morgan fingerprint density at radius 3 is 2.25 bits per heavy atom. The number of nitrogens with one attached hydrogen (secondary N) is 1. The monoisotopic (exact) mass is 543 g/mol. The molecule has 4 atom stereocenters. The van der Waals surface area contributed by atoms with Crippen LogP contribution in [0, 0.1) is 35.2 Å². The normalized spacial score (nSPS) is 23.4. The number of hydrogen-bond donors (Lipinski definition) is 1. The van der Waals surface area contributed by atoms with Crippen LogP contribution < -0.4 is 5.32 Å². The standard InChI is InChI=1S/C25H25ClF3NO5S/c1-2-22(31)35-12-13-7-14-3-4-15(8-13)24(14)36(33,34)21-9-16(5-6-18(21)26)25(32)30-17-10-19(27)23(29)20(28)11-17/h5-6,9-11,13-15,24H,2-4,7-8,12H2,1H3,(H,30,32)/t13?,14-,15?,24?/m0/s1. The number of benzene rings is 2. The fourth-order valence-electron chi connectivity index (χ4n) is 5.39. The number of esters is 1. The third-order valence-corrected chi connectivity index (χ3v) is 9.86. The summed E-state index contributed by atoms with van der Waals surface area (Å²) in [4.78, 5) is 24.0. The maximum absolute atomic E-state index is 13.7. The van der Waals surface area contributed by atoms with Crippen LogP contribution in [0.3, 0.4) is 0 Å². The van der Waals surface area contributed by atoms with Gasteiger partial charge in [0.05, 0.1) is 21.8 Å². The molecule has 1 N–H and O–H groups in total. The molecule has 36 heavy (non-hydrogen) atoms. The van der Waals surface area contributed by atoms with E-state index in [0.717, 1.165) is 18.9 Å². The molecule has 2 bridgehead atoms. The number of ether oxygens (including phenoxy) is 1. The second-order valence-corrected chi connectivity index (χ2v) is 11.8. The van der Waals surface area contributed by atoms with Gasteiger partial charge in [-0.05, 0) is 61.6 Å². The molecular weight excluding hydrogens is 519 g/mol. The van der Waals surface area contributed by atoms with E-state index >= 15 is 0 Å².